The first-order valence-electron chi connectivity index (χ1n) is 7.02. The molecular weight excluding hydrogens is 268 g/mol. The largest absolute Gasteiger partial charge is 0.324 e. The summed E-state index contributed by atoms with van der Waals surface area (Å²) in [5.74, 6) is 0.398. The first kappa shape index (κ1) is 13.6. The van der Waals surface area contributed by atoms with E-state index >= 15 is 0 Å². The lowest BCUT2D eigenvalue weighted by molar-refractivity contribution is -0.384. The topological polar surface area (TPSA) is 94.9 Å². The lowest BCUT2D eigenvalue weighted by Crippen LogP contribution is -2.12. The molecule has 0 aliphatic heterocycles. The van der Waals surface area contributed by atoms with Gasteiger partial charge in [-0.15, -0.1) is 0 Å². The van der Waals surface area contributed by atoms with Crippen LogP contribution in [0.25, 0.3) is 11.4 Å². The molecule has 0 spiro atoms. The fourth-order valence-electron chi connectivity index (χ4n) is 2.70. The van der Waals surface area contributed by atoms with Crippen molar-refractivity contribution in [2.75, 3.05) is 0 Å². The Labute approximate surface area is 122 Å². The van der Waals surface area contributed by atoms with Gasteiger partial charge in [0.15, 0.2) is 5.82 Å². The first-order chi connectivity index (χ1) is 10.2. The molecule has 6 nitrogen and oxygen atoms in total. The Morgan fingerprint density at radius 1 is 1.29 bits per heavy atom. The van der Waals surface area contributed by atoms with Gasteiger partial charge in [0.1, 0.15) is 0 Å². The number of nitrogens with two attached hydrogens (primary N) is 1. The Morgan fingerprint density at radius 3 is 2.90 bits per heavy atom. The van der Waals surface area contributed by atoms with Crippen LogP contribution in [-0.2, 0) is 6.42 Å². The number of nitro benzene ring substituents is 1. The number of aromatic nitrogens is 2. The number of para-hydroxylation sites is 1. The van der Waals surface area contributed by atoms with Gasteiger partial charge < -0.3 is 5.73 Å². The van der Waals surface area contributed by atoms with E-state index in [9.17, 15) is 10.1 Å². The van der Waals surface area contributed by atoms with Crippen LogP contribution in [0.15, 0.2) is 30.5 Å². The predicted octanol–water partition coefficient (Wildman–Crippen LogP) is 2.78. The summed E-state index contributed by atoms with van der Waals surface area (Å²) in [5.41, 5.74) is 8.48. The lowest BCUT2D eigenvalue weighted by atomic mass is 10.1. The number of hydrogen-bond donors (Lipinski definition) is 1. The quantitative estimate of drug-likeness (QED) is 0.519. The van der Waals surface area contributed by atoms with Crippen molar-refractivity contribution >= 4 is 5.69 Å². The zero-order valence-electron chi connectivity index (χ0n) is 11.5. The summed E-state index contributed by atoms with van der Waals surface area (Å²) in [6.45, 7) is 0. The summed E-state index contributed by atoms with van der Waals surface area (Å²) < 4.78 is 0. The van der Waals surface area contributed by atoms with Crippen molar-refractivity contribution in [2.24, 2.45) is 5.73 Å². The number of aryl methyl sites for hydroxylation is 1. The lowest BCUT2D eigenvalue weighted by Gasteiger charge is -2.12. The van der Waals surface area contributed by atoms with Gasteiger partial charge in [0.25, 0.3) is 5.69 Å². The standard InChI is InChI=1S/C15H16N4O2/c16-12-6-2-3-7-13-11(12)9-17-15(18-13)10-5-1-4-8-14(10)19(20)21/h1,4-5,8-9,12H,2-3,6-7,16H2. The van der Waals surface area contributed by atoms with Crippen LogP contribution < -0.4 is 5.73 Å². The van der Waals surface area contributed by atoms with E-state index in [4.69, 9.17) is 5.73 Å². The highest BCUT2D eigenvalue weighted by Crippen LogP contribution is 2.30. The highest BCUT2D eigenvalue weighted by Gasteiger charge is 2.21. The Balaban J connectivity index is 2.09. The molecule has 1 aromatic heterocycles. The Hall–Kier alpha value is -2.34. The Morgan fingerprint density at radius 2 is 2.10 bits per heavy atom. The van der Waals surface area contributed by atoms with Crippen LogP contribution in [0.2, 0.25) is 0 Å². The van der Waals surface area contributed by atoms with Crippen LogP contribution in [0, 0.1) is 10.1 Å². The monoisotopic (exact) mass is 284 g/mol. The molecule has 0 fully saturated rings. The molecule has 2 aromatic rings. The maximum Gasteiger partial charge on any atom is 0.280 e. The molecule has 2 N–H and O–H groups in total. The van der Waals surface area contributed by atoms with Crippen molar-refractivity contribution in [3.63, 3.8) is 0 Å². The molecule has 1 aliphatic carbocycles. The van der Waals surface area contributed by atoms with Crippen LogP contribution in [0.4, 0.5) is 5.69 Å². The van der Waals surface area contributed by atoms with Gasteiger partial charge >= 0.3 is 0 Å². The van der Waals surface area contributed by atoms with Crippen molar-refractivity contribution < 1.29 is 4.92 Å². The number of nitro groups is 1. The summed E-state index contributed by atoms with van der Waals surface area (Å²) in [4.78, 5) is 19.6. The molecule has 6 heteroatoms. The van der Waals surface area contributed by atoms with E-state index < -0.39 is 4.92 Å². The van der Waals surface area contributed by atoms with Gasteiger partial charge in [0.05, 0.1) is 10.5 Å². The SMILES string of the molecule is NC1CCCCc2nc(-c3ccccc3[N+](=O)[O-])ncc21. The minimum absolute atomic E-state index is 0.0235. The minimum Gasteiger partial charge on any atom is -0.324 e. The minimum atomic E-state index is -0.407. The Kier molecular flexibility index (Phi) is 3.62. The summed E-state index contributed by atoms with van der Waals surface area (Å²) in [5, 5.41) is 11.1. The van der Waals surface area contributed by atoms with Crippen molar-refractivity contribution in [1.82, 2.24) is 9.97 Å². The number of benzene rings is 1. The number of hydrogen-bond acceptors (Lipinski definition) is 5. The van der Waals surface area contributed by atoms with Crippen molar-refractivity contribution in [3.8, 4) is 11.4 Å². The van der Waals surface area contributed by atoms with Gasteiger partial charge in [-0.1, -0.05) is 18.6 Å². The van der Waals surface area contributed by atoms with E-state index in [0.717, 1.165) is 36.9 Å². The molecule has 0 amide bonds. The van der Waals surface area contributed by atoms with E-state index in [1.54, 1.807) is 24.4 Å². The number of fused-ring (bicyclic) bond motifs is 1. The van der Waals surface area contributed by atoms with Crippen LogP contribution in [0.3, 0.4) is 0 Å². The van der Waals surface area contributed by atoms with Gasteiger partial charge in [0.2, 0.25) is 0 Å². The van der Waals surface area contributed by atoms with Gasteiger partial charge in [-0.05, 0) is 25.3 Å². The molecule has 1 aromatic carbocycles. The third-order valence-corrected chi connectivity index (χ3v) is 3.82. The van der Waals surface area contributed by atoms with Crippen molar-refractivity contribution in [3.05, 3.63) is 51.8 Å². The maximum atomic E-state index is 11.1. The molecule has 0 radical (unpaired) electrons. The normalized spacial score (nSPS) is 17.9. The molecule has 1 unspecified atom stereocenters. The van der Waals surface area contributed by atoms with Crippen LogP contribution in [-0.4, -0.2) is 14.9 Å². The smallest absolute Gasteiger partial charge is 0.280 e. The van der Waals surface area contributed by atoms with Gasteiger partial charge in [0, 0.05) is 29.6 Å². The third-order valence-electron chi connectivity index (χ3n) is 3.82. The van der Waals surface area contributed by atoms with Crippen LogP contribution in [0.1, 0.15) is 36.6 Å². The summed E-state index contributed by atoms with van der Waals surface area (Å²) in [7, 11) is 0. The molecule has 21 heavy (non-hydrogen) atoms. The predicted molar refractivity (Wildman–Crippen MR) is 78.6 cm³/mol. The molecule has 1 aliphatic rings. The number of rotatable bonds is 2. The van der Waals surface area contributed by atoms with Crippen LogP contribution >= 0.6 is 0 Å². The van der Waals surface area contributed by atoms with Gasteiger partial charge in [-0.25, -0.2) is 9.97 Å². The van der Waals surface area contributed by atoms with E-state index in [1.807, 2.05) is 0 Å². The Bertz CT molecular complexity index is 687. The zero-order valence-corrected chi connectivity index (χ0v) is 11.5. The fraction of sp³-hybridized carbons (Fsp3) is 0.333. The first-order valence-corrected chi connectivity index (χ1v) is 7.02. The van der Waals surface area contributed by atoms with E-state index in [1.165, 1.54) is 6.07 Å². The average molecular weight is 284 g/mol. The molecule has 1 heterocycles. The van der Waals surface area contributed by atoms with Crippen LogP contribution in [0.5, 0.6) is 0 Å². The second-order valence-corrected chi connectivity index (χ2v) is 5.22. The highest BCUT2D eigenvalue weighted by molar-refractivity contribution is 5.67. The number of nitrogens with zero attached hydrogens (tertiary/aromatic N) is 3. The molecule has 108 valence electrons. The molecule has 0 saturated carbocycles. The average Bonchev–Trinajstić information content (AvgIpc) is 2.68. The highest BCUT2D eigenvalue weighted by atomic mass is 16.6. The summed E-state index contributed by atoms with van der Waals surface area (Å²) in [6, 6.07) is 6.50. The second-order valence-electron chi connectivity index (χ2n) is 5.22. The maximum absolute atomic E-state index is 11.1. The summed E-state index contributed by atoms with van der Waals surface area (Å²) >= 11 is 0. The summed E-state index contributed by atoms with van der Waals surface area (Å²) in [6.07, 6.45) is 5.61. The van der Waals surface area contributed by atoms with E-state index in [0.29, 0.717) is 11.4 Å². The third kappa shape index (κ3) is 2.62. The molecule has 3 rings (SSSR count). The van der Waals surface area contributed by atoms with Gasteiger partial charge in [-0.2, -0.15) is 0 Å². The zero-order chi connectivity index (χ0) is 14.8. The molecular formula is C15H16N4O2. The molecule has 1 atom stereocenters. The van der Waals surface area contributed by atoms with Gasteiger partial charge in [-0.3, -0.25) is 10.1 Å². The fourth-order valence-corrected chi connectivity index (χ4v) is 2.70. The van der Waals surface area contributed by atoms with E-state index in [-0.39, 0.29) is 11.7 Å². The second kappa shape index (κ2) is 5.57. The van der Waals surface area contributed by atoms with E-state index in [2.05, 4.69) is 9.97 Å². The van der Waals surface area contributed by atoms with Crippen molar-refractivity contribution in [2.45, 2.75) is 31.7 Å². The van der Waals surface area contributed by atoms with Crippen molar-refractivity contribution in [1.29, 1.82) is 0 Å². The molecule has 0 saturated heterocycles. The molecule has 0 bridgehead atoms.